The predicted octanol–water partition coefficient (Wildman–Crippen LogP) is 5.25. The van der Waals surface area contributed by atoms with Crippen molar-refractivity contribution in [1.82, 2.24) is 5.32 Å². The molecule has 3 nitrogen and oxygen atoms in total. The Hall–Kier alpha value is -1.52. The highest BCUT2D eigenvalue weighted by Gasteiger charge is 2.10. The number of aryl methyl sites for hydroxylation is 1. The van der Waals surface area contributed by atoms with Gasteiger partial charge in [0.2, 0.25) is 0 Å². The van der Waals surface area contributed by atoms with Gasteiger partial charge in [-0.05, 0) is 62.6 Å². The van der Waals surface area contributed by atoms with Gasteiger partial charge in [-0.3, -0.25) is 4.79 Å². The third-order valence-electron chi connectivity index (χ3n) is 3.40. The lowest BCUT2D eigenvalue weighted by molar-refractivity contribution is 0.0953. The van der Waals surface area contributed by atoms with Gasteiger partial charge in [-0.25, -0.2) is 0 Å². The van der Waals surface area contributed by atoms with Crippen molar-refractivity contribution in [3.8, 4) is 5.75 Å². The summed E-state index contributed by atoms with van der Waals surface area (Å²) < 4.78 is 6.46. The van der Waals surface area contributed by atoms with E-state index in [1.165, 1.54) is 5.56 Å². The zero-order valence-electron chi connectivity index (χ0n) is 13.8. The number of halogens is 2. The SMILES string of the molecule is CC(C)Oc1ccc(CCCNC(=O)c2cc(Br)ccc2Cl)cc1. The van der Waals surface area contributed by atoms with Crippen molar-refractivity contribution in [3.05, 3.63) is 63.1 Å². The summed E-state index contributed by atoms with van der Waals surface area (Å²) >= 11 is 9.41. The molecule has 5 heteroatoms. The quantitative estimate of drug-likeness (QED) is 0.633. The Kier molecular flexibility index (Phi) is 7.13. The lowest BCUT2D eigenvalue weighted by atomic mass is 10.1. The van der Waals surface area contributed by atoms with Crippen LogP contribution in [-0.2, 0) is 6.42 Å². The lowest BCUT2D eigenvalue weighted by Gasteiger charge is -2.10. The highest BCUT2D eigenvalue weighted by molar-refractivity contribution is 9.10. The van der Waals surface area contributed by atoms with E-state index >= 15 is 0 Å². The lowest BCUT2D eigenvalue weighted by Crippen LogP contribution is -2.25. The Labute approximate surface area is 156 Å². The molecule has 0 bridgehead atoms. The number of benzene rings is 2. The molecule has 2 aromatic rings. The molecule has 1 N–H and O–H groups in total. The van der Waals surface area contributed by atoms with Gasteiger partial charge in [-0.1, -0.05) is 39.7 Å². The molecule has 0 aromatic heterocycles. The van der Waals surface area contributed by atoms with Gasteiger partial charge in [0.05, 0.1) is 16.7 Å². The molecule has 0 heterocycles. The number of ether oxygens (including phenoxy) is 1. The van der Waals surface area contributed by atoms with Crippen LogP contribution in [0.25, 0.3) is 0 Å². The first-order chi connectivity index (χ1) is 11.5. The normalized spacial score (nSPS) is 10.7. The van der Waals surface area contributed by atoms with Gasteiger partial charge >= 0.3 is 0 Å². The third-order valence-corrected chi connectivity index (χ3v) is 4.22. The molecule has 0 unspecified atom stereocenters. The van der Waals surface area contributed by atoms with Gasteiger partial charge in [0.1, 0.15) is 5.75 Å². The smallest absolute Gasteiger partial charge is 0.252 e. The third kappa shape index (κ3) is 5.84. The zero-order chi connectivity index (χ0) is 17.5. The molecule has 2 aromatic carbocycles. The summed E-state index contributed by atoms with van der Waals surface area (Å²) in [7, 11) is 0. The van der Waals surface area contributed by atoms with Gasteiger partial charge in [-0.15, -0.1) is 0 Å². The van der Waals surface area contributed by atoms with E-state index in [0.717, 1.165) is 23.1 Å². The molecule has 0 aliphatic rings. The minimum atomic E-state index is -0.151. The van der Waals surface area contributed by atoms with Gasteiger partial charge in [0, 0.05) is 11.0 Å². The standard InChI is InChI=1S/C19H21BrClNO2/c1-13(2)24-16-8-5-14(6-9-16)4-3-11-22-19(23)17-12-15(20)7-10-18(17)21/h5-10,12-13H,3-4,11H2,1-2H3,(H,22,23). The molecule has 0 radical (unpaired) electrons. The van der Waals surface area contributed by atoms with Gasteiger partial charge in [-0.2, -0.15) is 0 Å². The molecule has 0 aliphatic heterocycles. The largest absolute Gasteiger partial charge is 0.491 e. The van der Waals surface area contributed by atoms with Crippen molar-refractivity contribution in [1.29, 1.82) is 0 Å². The molecule has 0 saturated heterocycles. The number of nitrogens with one attached hydrogen (secondary N) is 1. The first kappa shape index (κ1) is 18.8. The fraction of sp³-hybridized carbons (Fsp3) is 0.316. The second-order valence-corrected chi connectivity index (χ2v) is 7.12. The van der Waals surface area contributed by atoms with Crippen LogP contribution < -0.4 is 10.1 Å². The zero-order valence-corrected chi connectivity index (χ0v) is 16.2. The maximum absolute atomic E-state index is 12.1. The highest BCUT2D eigenvalue weighted by atomic mass is 79.9. The van der Waals surface area contributed by atoms with Gasteiger partial charge in [0.15, 0.2) is 0 Å². The summed E-state index contributed by atoms with van der Waals surface area (Å²) in [5, 5.41) is 3.36. The molecule has 0 atom stereocenters. The van der Waals surface area contributed by atoms with Crippen LogP contribution in [0.3, 0.4) is 0 Å². The minimum Gasteiger partial charge on any atom is -0.491 e. The van der Waals surface area contributed by atoms with E-state index in [1.54, 1.807) is 12.1 Å². The summed E-state index contributed by atoms with van der Waals surface area (Å²) in [6.45, 7) is 4.62. The Morgan fingerprint density at radius 3 is 2.58 bits per heavy atom. The minimum absolute atomic E-state index is 0.151. The highest BCUT2D eigenvalue weighted by Crippen LogP contribution is 2.21. The van der Waals surface area contributed by atoms with Gasteiger partial charge < -0.3 is 10.1 Å². The molecular formula is C19H21BrClNO2. The molecule has 128 valence electrons. The maximum Gasteiger partial charge on any atom is 0.252 e. The molecule has 1 amide bonds. The van der Waals surface area contributed by atoms with E-state index in [0.29, 0.717) is 17.1 Å². The van der Waals surface area contributed by atoms with Crippen molar-refractivity contribution in [2.24, 2.45) is 0 Å². The van der Waals surface area contributed by atoms with Crippen LogP contribution in [0.2, 0.25) is 5.02 Å². The molecule has 24 heavy (non-hydrogen) atoms. The van der Waals surface area contributed by atoms with E-state index in [1.807, 2.05) is 32.0 Å². The number of carbonyl (C=O) groups is 1. The van der Waals surface area contributed by atoms with Crippen LogP contribution in [0.4, 0.5) is 0 Å². The number of carbonyl (C=O) groups excluding carboxylic acids is 1. The van der Waals surface area contributed by atoms with Crippen LogP contribution in [0.15, 0.2) is 46.9 Å². The van der Waals surface area contributed by atoms with E-state index in [9.17, 15) is 4.79 Å². The Morgan fingerprint density at radius 2 is 1.92 bits per heavy atom. The number of rotatable bonds is 7. The van der Waals surface area contributed by atoms with Gasteiger partial charge in [0.25, 0.3) is 5.91 Å². The average Bonchev–Trinajstić information content (AvgIpc) is 2.54. The maximum atomic E-state index is 12.1. The van der Waals surface area contributed by atoms with Crippen molar-refractivity contribution in [2.45, 2.75) is 32.8 Å². The van der Waals surface area contributed by atoms with Crippen molar-refractivity contribution >= 4 is 33.4 Å². The van der Waals surface area contributed by atoms with E-state index < -0.39 is 0 Å². The second-order valence-electron chi connectivity index (χ2n) is 5.79. The van der Waals surface area contributed by atoms with Crippen molar-refractivity contribution < 1.29 is 9.53 Å². The first-order valence-electron chi connectivity index (χ1n) is 7.94. The van der Waals surface area contributed by atoms with Crippen LogP contribution in [0.5, 0.6) is 5.75 Å². The Bertz CT molecular complexity index is 686. The molecular weight excluding hydrogens is 390 g/mol. The molecule has 0 spiro atoms. The van der Waals surface area contributed by atoms with Crippen LogP contribution in [-0.4, -0.2) is 18.6 Å². The molecule has 0 aliphatic carbocycles. The number of hydrogen-bond acceptors (Lipinski definition) is 2. The number of amides is 1. The van der Waals surface area contributed by atoms with E-state index in [4.69, 9.17) is 16.3 Å². The first-order valence-corrected chi connectivity index (χ1v) is 9.11. The van der Waals surface area contributed by atoms with E-state index in [2.05, 4.69) is 33.4 Å². The summed E-state index contributed by atoms with van der Waals surface area (Å²) in [6.07, 6.45) is 1.94. The second kappa shape index (κ2) is 9.09. The van der Waals surface area contributed by atoms with Crippen molar-refractivity contribution in [2.75, 3.05) is 6.54 Å². The topological polar surface area (TPSA) is 38.3 Å². The molecule has 2 rings (SSSR count). The van der Waals surface area contributed by atoms with Crippen molar-refractivity contribution in [3.63, 3.8) is 0 Å². The fourth-order valence-corrected chi connectivity index (χ4v) is 2.83. The fourth-order valence-electron chi connectivity index (χ4n) is 2.27. The summed E-state index contributed by atoms with van der Waals surface area (Å²) in [5.41, 5.74) is 1.71. The summed E-state index contributed by atoms with van der Waals surface area (Å²) in [5.74, 6) is 0.730. The molecule has 0 saturated carbocycles. The predicted molar refractivity (Wildman–Crippen MR) is 102 cm³/mol. The monoisotopic (exact) mass is 409 g/mol. The summed E-state index contributed by atoms with van der Waals surface area (Å²) in [6, 6.07) is 13.3. The van der Waals surface area contributed by atoms with Crippen LogP contribution >= 0.6 is 27.5 Å². The molecule has 0 fully saturated rings. The van der Waals surface area contributed by atoms with Crippen LogP contribution in [0.1, 0.15) is 36.2 Å². The number of hydrogen-bond donors (Lipinski definition) is 1. The summed E-state index contributed by atoms with van der Waals surface area (Å²) in [4.78, 5) is 12.1. The Balaban J connectivity index is 1.78. The Morgan fingerprint density at radius 1 is 1.21 bits per heavy atom. The van der Waals surface area contributed by atoms with E-state index in [-0.39, 0.29) is 12.0 Å². The average molecular weight is 411 g/mol. The van der Waals surface area contributed by atoms with Crippen LogP contribution in [0, 0.1) is 0 Å².